The maximum Gasteiger partial charge on any atom is 0.261 e. The zero-order chi connectivity index (χ0) is 9.42. The van der Waals surface area contributed by atoms with Crippen LogP contribution in [0.5, 0.6) is 5.88 Å². The van der Waals surface area contributed by atoms with Crippen molar-refractivity contribution in [1.82, 2.24) is 5.16 Å². The lowest BCUT2D eigenvalue weighted by Gasteiger charge is -1.97. The van der Waals surface area contributed by atoms with Gasteiger partial charge in [-0.25, -0.2) is 0 Å². The van der Waals surface area contributed by atoms with Crippen LogP contribution in [-0.2, 0) is 0 Å². The van der Waals surface area contributed by atoms with Gasteiger partial charge < -0.3 is 9.26 Å². The Morgan fingerprint density at radius 3 is 2.77 bits per heavy atom. The minimum absolute atomic E-state index is 0.557. The number of rotatable bonds is 1. The highest BCUT2D eigenvalue weighted by molar-refractivity contribution is 5.85. The molecule has 1 heterocycles. The maximum absolute atomic E-state index is 5.15. The van der Waals surface area contributed by atoms with Crippen LogP contribution in [0.4, 0.5) is 0 Å². The molecule has 0 spiro atoms. The van der Waals surface area contributed by atoms with Gasteiger partial charge in [0.15, 0.2) is 5.58 Å². The predicted molar refractivity (Wildman–Crippen MR) is 50.0 cm³/mol. The molecule has 0 unspecified atom stereocenters. The maximum atomic E-state index is 5.15. The molecule has 13 heavy (non-hydrogen) atoms. The molecule has 0 saturated carbocycles. The second-order valence-electron chi connectivity index (χ2n) is 3.15. The second kappa shape index (κ2) is 2.76. The first kappa shape index (κ1) is 8.10. The number of hydrogen-bond donors (Lipinski definition) is 0. The fourth-order valence-corrected chi connectivity index (χ4v) is 1.52. The van der Waals surface area contributed by atoms with Crippen molar-refractivity contribution in [2.45, 2.75) is 13.8 Å². The van der Waals surface area contributed by atoms with Gasteiger partial charge in [-0.2, -0.15) is 0 Å². The fraction of sp³-hybridized carbons (Fsp3) is 0.300. The predicted octanol–water partition coefficient (Wildman–Crippen LogP) is 2.45. The molecule has 2 rings (SSSR count). The van der Waals surface area contributed by atoms with Crippen molar-refractivity contribution < 1.29 is 9.26 Å². The van der Waals surface area contributed by atoms with E-state index in [1.165, 1.54) is 5.56 Å². The highest BCUT2D eigenvalue weighted by Gasteiger charge is 2.10. The Bertz CT molecular complexity index is 445. The fourth-order valence-electron chi connectivity index (χ4n) is 1.52. The quantitative estimate of drug-likeness (QED) is 0.671. The summed E-state index contributed by atoms with van der Waals surface area (Å²) in [6.07, 6.45) is 0. The van der Waals surface area contributed by atoms with Crippen LogP contribution in [0.1, 0.15) is 11.1 Å². The molecule has 1 aromatic carbocycles. The standard InChI is InChI=1S/C10H11NO2/c1-6-4-7(2)9-8(5-6)10(12-3)11-13-9/h4-5H,1-3H3. The molecule has 0 aliphatic heterocycles. The summed E-state index contributed by atoms with van der Waals surface area (Å²) in [6, 6.07) is 4.07. The molecule has 68 valence electrons. The number of nitrogens with zero attached hydrogens (tertiary/aromatic N) is 1. The van der Waals surface area contributed by atoms with Gasteiger partial charge in [-0.1, -0.05) is 6.07 Å². The Morgan fingerprint density at radius 2 is 2.08 bits per heavy atom. The molecule has 1 aromatic heterocycles. The van der Waals surface area contributed by atoms with E-state index >= 15 is 0 Å². The number of hydrogen-bond acceptors (Lipinski definition) is 3. The van der Waals surface area contributed by atoms with E-state index in [0.717, 1.165) is 16.5 Å². The Labute approximate surface area is 76.3 Å². The molecule has 2 aromatic rings. The van der Waals surface area contributed by atoms with Gasteiger partial charge in [0.1, 0.15) is 0 Å². The zero-order valence-corrected chi connectivity index (χ0v) is 7.92. The normalized spacial score (nSPS) is 10.7. The minimum atomic E-state index is 0.557. The van der Waals surface area contributed by atoms with Gasteiger partial charge in [0, 0.05) is 0 Å². The van der Waals surface area contributed by atoms with Crippen molar-refractivity contribution in [1.29, 1.82) is 0 Å². The largest absolute Gasteiger partial charge is 0.478 e. The number of aromatic nitrogens is 1. The van der Waals surface area contributed by atoms with E-state index < -0.39 is 0 Å². The van der Waals surface area contributed by atoms with Crippen molar-refractivity contribution in [3.05, 3.63) is 23.3 Å². The molecular formula is C10H11NO2. The van der Waals surface area contributed by atoms with E-state index in [1.54, 1.807) is 7.11 Å². The van der Waals surface area contributed by atoms with Crippen LogP contribution in [0.25, 0.3) is 11.0 Å². The Morgan fingerprint density at radius 1 is 1.31 bits per heavy atom. The van der Waals surface area contributed by atoms with Crippen LogP contribution in [0, 0.1) is 13.8 Å². The summed E-state index contributed by atoms with van der Waals surface area (Å²) in [5.41, 5.74) is 3.08. The highest BCUT2D eigenvalue weighted by atomic mass is 16.5. The van der Waals surface area contributed by atoms with Crippen molar-refractivity contribution in [3.8, 4) is 5.88 Å². The molecule has 0 radical (unpaired) electrons. The molecule has 0 fully saturated rings. The molecule has 0 aliphatic carbocycles. The third-order valence-corrected chi connectivity index (χ3v) is 2.06. The van der Waals surface area contributed by atoms with E-state index in [0.29, 0.717) is 5.88 Å². The Balaban J connectivity index is 2.82. The summed E-state index contributed by atoms with van der Waals surface area (Å²) in [7, 11) is 1.59. The number of methoxy groups -OCH3 is 1. The molecule has 0 saturated heterocycles. The van der Waals surface area contributed by atoms with Gasteiger partial charge in [-0.15, -0.1) is 0 Å². The number of aryl methyl sites for hydroxylation is 2. The summed E-state index contributed by atoms with van der Waals surface area (Å²) in [4.78, 5) is 0. The van der Waals surface area contributed by atoms with E-state index in [9.17, 15) is 0 Å². The van der Waals surface area contributed by atoms with Crippen molar-refractivity contribution in [2.24, 2.45) is 0 Å². The van der Waals surface area contributed by atoms with Crippen LogP contribution in [0.2, 0.25) is 0 Å². The molecule has 0 bridgehead atoms. The van der Waals surface area contributed by atoms with Crippen LogP contribution >= 0.6 is 0 Å². The zero-order valence-electron chi connectivity index (χ0n) is 7.92. The van der Waals surface area contributed by atoms with E-state index in [2.05, 4.69) is 11.2 Å². The molecule has 0 atom stereocenters. The second-order valence-corrected chi connectivity index (χ2v) is 3.15. The summed E-state index contributed by atoms with van der Waals surface area (Å²) < 4.78 is 10.2. The molecule has 0 N–H and O–H groups in total. The van der Waals surface area contributed by atoms with Gasteiger partial charge in [0.2, 0.25) is 0 Å². The topological polar surface area (TPSA) is 35.3 Å². The average molecular weight is 177 g/mol. The van der Waals surface area contributed by atoms with Gasteiger partial charge in [-0.3, -0.25) is 0 Å². The van der Waals surface area contributed by atoms with Crippen LogP contribution in [-0.4, -0.2) is 12.3 Å². The Hall–Kier alpha value is -1.51. The lowest BCUT2D eigenvalue weighted by atomic mass is 10.1. The Kier molecular flexibility index (Phi) is 1.72. The summed E-state index contributed by atoms with van der Waals surface area (Å²) >= 11 is 0. The number of ether oxygens (including phenoxy) is 1. The van der Waals surface area contributed by atoms with E-state index in [4.69, 9.17) is 9.26 Å². The molecular weight excluding hydrogens is 166 g/mol. The number of benzene rings is 1. The van der Waals surface area contributed by atoms with Gasteiger partial charge in [0.05, 0.1) is 12.5 Å². The van der Waals surface area contributed by atoms with Gasteiger partial charge >= 0.3 is 0 Å². The van der Waals surface area contributed by atoms with Crippen LogP contribution < -0.4 is 4.74 Å². The first-order valence-electron chi connectivity index (χ1n) is 4.13. The third-order valence-electron chi connectivity index (χ3n) is 2.06. The average Bonchev–Trinajstić information content (AvgIpc) is 2.47. The van der Waals surface area contributed by atoms with Crippen LogP contribution in [0.15, 0.2) is 16.7 Å². The van der Waals surface area contributed by atoms with Crippen molar-refractivity contribution >= 4 is 11.0 Å². The lowest BCUT2D eigenvalue weighted by molar-refractivity contribution is 0.350. The minimum Gasteiger partial charge on any atom is -0.478 e. The van der Waals surface area contributed by atoms with E-state index in [1.807, 2.05) is 19.9 Å². The first-order chi connectivity index (χ1) is 6.22. The smallest absolute Gasteiger partial charge is 0.261 e. The van der Waals surface area contributed by atoms with Gasteiger partial charge in [-0.05, 0) is 36.2 Å². The van der Waals surface area contributed by atoms with Gasteiger partial charge in [0.25, 0.3) is 5.88 Å². The lowest BCUT2D eigenvalue weighted by Crippen LogP contribution is -1.83. The highest BCUT2D eigenvalue weighted by Crippen LogP contribution is 2.27. The third kappa shape index (κ3) is 1.16. The summed E-state index contributed by atoms with van der Waals surface area (Å²) in [6.45, 7) is 4.04. The SMILES string of the molecule is COc1noc2c(C)cc(C)cc12. The molecule has 0 aliphatic rings. The van der Waals surface area contributed by atoms with Crippen LogP contribution in [0.3, 0.4) is 0 Å². The summed E-state index contributed by atoms with van der Waals surface area (Å²) in [5.74, 6) is 0.557. The van der Waals surface area contributed by atoms with E-state index in [-0.39, 0.29) is 0 Å². The van der Waals surface area contributed by atoms with Crippen molar-refractivity contribution in [2.75, 3.05) is 7.11 Å². The molecule has 0 amide bonds. The monoisotopic (exact) mass is 177 g/mol. The molecule has 3 nitrogen and oxygen atoms in total. The van der Waals surface area contributed by atoms with Crippen molar-refractivity contribution in [3.63, 3.8) is 0 Å². The first-order valence-corrected chi connectivity index (χ1v) is 4.13. The number of fused-ring (bicyclic) bond motifs is 1. The molecule has 3 heteroatoms. The summed E-state index contributed by atoms with van der Waals surface area (Å²) in [5, 5.41) is 4.76.